The van der Waals surface area contributed by atoms with E-state index in [4.69, 9.17) is 18.9 Å². The lowest BCUT2D eigenvalue weighted by atomic mass is 10.2. The van der Waals surface area contributed by atoms with Crippen LogP contribution in [0.2, 0.25) is 0 Å². The molecule has 2 N–H and O–H groups in total. The Hall–Kier alpha value is -3.75. The van der Waals surface area contributed by atoms with Crippen molar-refractivity contribution in [1.82, 2.24) is 10.9 Å². The van der Waals surface area contributed by atoms with Gasteiger partial charge in [0.2, 0.25) is 6.10 Å². The van der Waals surface area contributed by atoms with Crippen LogP contribution in [0, 0.1) is 0 Å². The maximum absolute atomic E-state index is 12.1. The van der Waals surface area contributed by atoms with E-state index in [1.165, 1.54) is 0 Å². The van der Waals surface area contributed by atoms with Gasteiger partial charge in [0, 0.05) is 0 Å². The number of esters is 1. The minimum absolute atomic E-state index is 0.00905. The first-order chi connectivity index (χ1) is 14.1. The zero-order chi connectivity index (χ0) is 20.5. The van der Waals surface area contributed by atoms with Crippen molar-refractivity contribution < 1.29 is 33.3 Å². The Morgan fingerprint density at radius 2 is 1.69 bits per heavy atom. The lowest BCUT2D eigenvalue weighted by Crippen LogP contribution is -2.51. The van der Waals surface area contributed by atoms with Gasteiger partial charge >= 0.3 is 5.97 Å². The van der Waals surface area contributed by atoms with Gasteiger partial charge < -0.3 is 18.9 Å². The standard InChI is InChI=1S/C20H20N2O7/c23-18(13-28-19(24)10-11-26-14-6-2-1-3-7-14)21-22-20(25)17-12-27-15-8-4-5-9-16(15)29-17/h1-9,17H,10-13H2,(H,21,23)(H,22,25)/t17-/m0/s1. The summed E-state index contributed by atoms with van der Waals surface area (Å²) in [5.41, 5.74) is 4.37. The Bertz CT molecular complexity index is 857. The topological polar surface area (TPSA) is 112 Å². The minimum Gasteiger partial charge on any atom is -0.493 e. The van der Waals surface area contributed by atoms with E-state index in [-0.39, 0.29) is 19.6 Å². The summed E-state index contributed by atoms with van der Waals surface area (Å²) in [6.45, 7) is -0.397. The van der Waals surface area contributed by atoms with Gasteiger partial charge in [-0.3, -0.25) is 25.2 Å². The molecule has 9 heteroatoms. The van der Waals surface area contributed by atoms with Crippen molar-refractivity contribution in [3.8, 4) is 17.2 Å². The summed E-state index contributed by atoms with van der Waals surface area (Å²) in [6.07, 6.45) is -0.927. The van der Waals surface area contributed by atoms with Crippen LogP contribution in [0.4, 0.5) is 0 Å². The Kier molecular flexibility index (Phi) is 6.88. The highest BCUT2D eigenvalue weighted by molar-refractivity contribution is 5.86. The van der Waals surface area contributed by atoms with Gasteiger partial charge in [-0.2, -0.15) is 0 Å². The third-order valence-electron chi connectivity index (χ3n) is 3.81. The molecule has 152 valence electrons. The van der Waals surface area contributed by atoms with E-state index in [0.29, 0.717) is 17.2 Å². The second kappa shape index (κ2) is 9.98. The van der Waals surface area contributed by atoms with Gasteiger partial charge in [-0.05, 0) is 24.3 Å². The molecular weight excluding hydrogens is 380 g/mol. The summed E-state index contributed by atoms with van der Waals surface area (Å²) >= 11 is 0. The molecule has 0 saturated heterocycles. The average Bonchev–Trinajstić information content (AvgIpc) is 2.76. The number of ether oxygens (including phenoxy) is 4. The average molecular weight is 400 g/mol. The van der Waals surface area contributed by atoms with Crippen LogP contribution in [0.5, 0.6) is 17.2 Å². The summed E-state index contributed by atoms with van der Waals surface area (Å²) in [5.74, 6) is -0.246. The van der Waals surface area contributed by atoms with E-state index >= 15 is 0 Å². The third kappa shape index (κ3) is 6.13. The molecule has 0 fully saturated rings. The Labute approximate surface area is 166 Å². The molecule has 0 radical (unpaired) electrons. The maximum Gasteiger partial charge on any atom is 0.309 e. The van der Waals surface area contributed by atoms with Gasteiger partial charge in [0.1, 0.15) is 12.4 Å². The molecule has 0 aromatic heterocycles. The van der Waals surface area contributed by atoms with Gasteiger partial charge in [0.05, 0.1) is 13.0 Å². The number of fused-ring (bicyclic) bond motifs is 1. The van der Waals surface area contributed by atoms with Crippen molar-refractivity contribution in [2.75, 3.05) is 19.8 Å². The largest absolute Gasteiger partial charge is 0.493 e. The van der Waals surface area contributed by atoms with Crippen LogP contribution < -0.4 is 25.1 Å². The molecule has 2 aromatic rings. The molecule has 3 rings (SSSR count). The fourth-order valence-electron chi connectivity index (χ4n) is 2.38. The molecule has 0 spiro atoms. The van der Waals surface area contributed by atoms with Gasteiger partial charge in [-0.15, -0.1) is 0 Å². The normalized spacial score (nSPS) is 14.4. The number of hydrogen-bond acceptors (Lipinski definition) is 7. The van der Waals surface area contributed by atoms with E-state index in [1.807, 2.05) is 18.2 Å². The first-order valence-electron chi connectivity index (χ1n) is 8.92. The molecule has 2 amide bonds. The maximum atomic E-state index is 12.1. The smallest absolute Gasteiger partial charge is 0.309 e. The van der Waals surface area contributed by atoms with Crippen LogP contribution in [0.3, 0.4) is 0 Å². The molecule has 1 aliphatic heterocycles. The molecule has 0 bridgehead atoms. The Morgan fingerprint density at radius 1 is 0.966 bits per heavy atom. The molecule has 9 nitrogen and oxygen atoms in total. The second-order valence-electron chi connectivity index (χ2n) is 5.97. The van der Waals surface area contributed by atoms with E-state index < -0.39 is 30.5 Å². The predicted octanol–water partition coefficient (Wildman–Crippen LogP) is 0.986. The number of carbonyl (C=O) groups is 3. The first kappa shape index (κ1) is 20.0. The highest BCUT2D eigenvalue weighted by Crippen LogP contribution is 2.30. The van der Waals surface area contributed by atoms with Crippen LogP contribution >= 0.6 is 0 Å². The van der Waals surface area contributed by atoms with Crippen LogP contribution in [0.15, 0.2) is 54.6 Å². The van der Waals surface area contributed by atoms with E-state index in [9.17, 15) is 14.4 Å². The number of hydrazine groups is 1. The molecule has 0 aliphatic carbocycles. The lowest BCUT2D eigenvalue weighted by molar-refractivity contribution is -0.149. The quantitative estimate of drug-likeness (QED) is 0.526. The zero-order valence-electron chi connectivity index (χ0n) is 15.5. The van der Waals surface area contributed by atoms with Crippen molar-refractivity contribution >= 4 is 17.8 Å². The van der Waals surface area contributed by atoms with E-state index in [2.05, 4.69) is 10.9 Å². The Balaban J connectivity index is 1.30. The third-order valence-corrected chi connectivity index (χ3v) is 3.81. The van der Waals surface area contributed by atoms with Crippen molar-refractivity contribution in [2.24, 2.45) is 0 Å². The fraction of sp³-hybridized carbons (Fsp3) is 0.250. The molecule has 0 unspecified atom stereocenters. The SMILES string of the molecule is O=C(COC(=O)CCOc1ccccc1)NNC(=O)[C@@H]1COc2ccccc2O1. The minimum atomic E-state index is -0.914. The molecule has 0 saturated carbocycles. The number of para-hydroxylation sites is 3. The van der Waals surface area contributed by atoms with Crippen LogP contribution in [-0.4, -0.2) is 43.7 Å². The first-order valence-corrected chi connectivity index (χ1v) is 8.92. The lowest BCUT2D eigenvalue weighted by Gasteiger charge is -2.25. The summed E-state index contributed by atoms with van der Waals surface area (Å²) in [5, 5.41) is 0. The number of carbonyl (C=O) groups excluding carboxylic acids is 3. The van der Waals surface area contributed by atoms with Gasteiger partial charge in [0.25, 0.3) is 11.8 Å². The molecule has 29 heavy (non-hydrogen) atoms. The zero-order valence-corrected chi connectivity index (χ0v) is 15.5. The highest BCUT2D eigenvalue weighted by atomic mass is 16.6. The summed E-state index contributed by atoms with van der Waals surface area (Å²) in [7, 11) is 0. The van der Waals surface area contributed by atoms with Gasteiger partial charge in [-0.1, -0.05) is 30.3 Å². The second-order valence-corrected chi connectivity index (χ2v) is 5.97. The molecule has 1 aliphatic rings. The van der Waals surface area contributed by atoms with Crippen molar-refractivity contribution in [2.45, 2.75) is 12.5 Å². The highest BCUT2D eigenvalue weighted by Gasteiger charge is 2.27. The Morgan fingerprint density at radius 3 is 2.48 bits per heavy atom. The van der Waals surface area contributed by atoms with Crippen LogP contribution in [0.1, 0.15) is 6.42 Å². The van der Waals surface area contributed by atoms with Crippen molar-refractivity contribution in [3.05, 3.63) is 54.6 Å². The number of rotatable bonds is 7. The van der Waals surface area contributed by atoms with Gasteiger partial charge in [0.15, 0.2) is 18.1 Å². The summed E-state index contributed by atoms with van der Waals surface area (Å²) in [4.78, 5) is 35.4. The predicted molar refractivity (Wildman–Crippen MR) is 100 cm³/mol. The van der Waals surface area contributed by atoms with Crippen molar-refractivity contribution in [3.63, 3.8) is 0 Å². The number of hydrogen-bond donors (Lipinski definition) is 2. The number of benzene rings is 2. The summed E-state index contributed by atoms with van der Waals surface area (Å²) < 4.78 is 21.1. The molecule has 2 aromatic carbocycles. The molecule has 1 heterocycles. The molecule has 1 atom stereocenters. The number of amides is 2. The van der Waals surface area contributed by atoms with Crippen LogP contribution in [-0.2, 0) is 19.1 Å². The number of nitrogens with one attached hydrogen (secondary N) is 2. The van der Waals surface area contributed by atoms with Gasteiger partial charge in [-0.25, -0.2) is 0 Å². The van der Waals surface area contributed by atoms with Crippen molar-refractivity contribution in [1.29, 1.82) is 0 Å². The molecular formula is C20H20N2O7. The van der Waals surface area contributed by atoms with E-state index in [1.54, 1.807) is 36.4 Å². The van der Waals surface area contributed by atoms with E-state index in [0.717, 1.165) is 0 Å². The summed E-state index contributed by atoms with van der Waals surface area (Å²) in [6, 6.07) is 16.0. The monoisotopic (exact) mass is 400 g/mol. The van der Waals surface area contributed by atoms with Crippen LogP contribution in [0.25, 0.3) is 0 Å². The fourth-order valence-corrected chi connectivity index (χ4v) is 2.38.